The molecule has 2 aliphatic rings. The zero-order valence-corrected chi connectivity index (χ0v) is 19.8. The van der Waals surface area contributed by atoms with Crippen LogP contribution in [0.25, 0.3) is 0 Å². The summed E-state index contributed by atoms with van der Waals surface area (Å²) >= 11 is 0. The zero-order valence-electron chi connectivity index (χ0n) is 16.7. The second-order valence-corrected chi connectivity index (χ2v) is 10.5. The molecular formula is C18H36IN3O3S. The van der Waals surface area contributed by atoms with Crippen LogP contribution < -0.4 is 5.32 Å². The Hall–Kier alpha value is -0.0900. The number of nitrogens with one attached hydrogen (secondary N) is 1. The first-order chi connectivity index (χ1) is 11.8. The smallest absolute Gasteiger partial charge is 0.193 e. The Morgan fingerprint density at radius 2 is 2.00 bits per heavy atom. The summed E-state index contributed by atoms with van der Waals surface area (Å²) in [5.41, 5.74) is 0. The number of ether oxygens (including phenoxy) is 1. The van der Waals surface area contributed by atoms with E-state index < -0.39 is 14.6 Å². The van der Waals surface area contributed by atoms with Gasteiger partial charge in [0.15, 0.2) is 15.8 Å². The van der Waals surface area contributed by atoms with Gasteiger partial charge in [-0.05, 0) is 46.0 Å². The van der Waals surface area contributed by atoms with Crippen molar-refractivity contribution >= 4 is 39.8 Å². The SMILES string of the molecule is CCOC(CCNC(=NC)N1CCS(=O)(=O)C(C)(C)C1)C1CCCC1.I. The van der Waals surface area contributed by atoms with Crippen molar-refractivity contribution < 1.29 is 13.2 Å². The Morgan fingerprint density at radius 1 is 1.35 bits per heavy atom. The van der Waals surface area contributed by atoms with Crippen LogP contribution in [0.4, 0.5) is 0 Å². The van der Waals surface area contributed by atoms with Crippen LogP contribution in [0.5, 0.6) is 0 Å². The molecule has 1 atom stereocenters. The Bertz CT molecular complexity index is 560. The van der Waals surface area contributed by atoms with Gasteiger partial charge in [-0.25, -0.2) is 8.42 Å². The van der Waals surface area contributed by atoms with Crippen molar-refractivity contribution in [3.8, 4) is 0 Å². The number of hydrogen-bond donors (Lipinski definition) is 1. The molecule has 1 saturated carbocycles. The van der Waals surface area contributed by atoms with Crippen LogP contribution in [-0.2, 0) is 14.6 Å². The van der Waals surface area contributed by atoms with Gasteiger partial charge in [-0.3, -0.25) is 4.99 Å². The Balaban J connectivity index is 0.00000338. The topological polar surface area (TPSA) is 71.0 Å². The Kier molecular flexibility index (Phi) is 9.63. The first-order valence-electron chi connectivity index (χ1n) is 9.60. The van der Waals surface area contributed by atoms with Crippen molar-refractivity contribution in [2.45, 2.75) is 63.7 Å². The van der Waals surface area contributed by atoms with E-state index in [4.69, 9.17) is 4.74 Å². The van der Waals surface area contributed by atoms with E-state index in [0.717, 1.165) is 25.5 Å². The van der Waals surface area contributed by atoms with Crippen LogP contribution in [0.15, 0.2) is 4.99 Å². The van der Waals surface area contributed by atoms with Gasteiger partial charge in [0.1, 0.15) is 0 Å². The molecule has 2 rings (SSSR count). The minimum atomic E-state index is -3.03. The first kappa shape index (κ1) is 23.9. The molecule has 0 aromatic carbocycles. The molecule has 0 amide bonds. The van der Waals surface area contributed by atoms with Gasteiger partial charge in [0, 0.05) is 33.3 Å². The number of halogens is 1. The summed E-state index contributed by atoms with van der Waals surface area (Å²) in [4.78, 5) is 6.42. The summed E-state index contributed by atoms with van der Waals surface area (Å²) in [7, 11) is -1.27. The predicted octanol–water partition coefficient (Wildman–Crippen LogP) is 2.67. The molecule has 1 N–H and O–H groups in total. The van der Waals surface area contributed by atoms with Crippen molar-refractivity contribution in [1.82, 2.24) is 10.2 Å². The fourth-order valence-electron chi connectivity index (χ4n) is 3.98. The minimum Gasteiger partial charge on any atom is -0.378 e. The van der Waals surface area contributed by atoms with Gasteiger partial charge >= 0.3 is 0 Å². The summed E-state index contributed by atoms with van der Waals surface area (Å²) in [6, 6.07) is 0. The van der Waals surface area contributed by atoms with E-state index in [0.29, 0.717) is 25.1 Å². The highest BCUT2D eigenvalue weighted by Crippen LogP contribution is 2.30. The molecule has 0 aromatic rings. The van der Waals surface area contributed by atoms with Gasteiger partial charge < -0.3 is 15.0 Å². The molecule has 1 aliphatic heterocycles. The van der Waals surface area contributed by atoms with Crippen molar-refractivity contribution in [2.75, 3.05) is 39.0 Å². The van der Waals surface area contributed by atoms with E-state index >= 15 is 0 Å². The van der Waals surface area contributed by atoms with Crippen LogP contribution in [0.2, 0.25) is 0 Å². The average molecular weight is 501 g/mol. The lowest BCUT2D eigenvalue weighted by atomic mass is 9.98. The number of guanidine groups is 1. The monoisotopic (exact) mass is 501 g/mol. The van der Waals surface area contributed by atoms with E-state index in [1.54, 1.807) is 20.9 Å². The lowest BCUT2D eigenvalue weighted by Crippen LogP contribution is -2.57. The number of aliphatic imine (C=N–C) groups is 1. The number of sulfone groups is 1. The van der Waals surface area contributed by atoms with Crippen molar-refractivity contribution in [2.24, 2.45) is 10.9 Å². The van der Waals surface area contributed by atoms with Gasteiger partial charge in [0.05, 0.1) is 16.6 Å². The average Bonchev–Trinajstić information content (AvgIpc) is 3.08. The molecule has 154 valence electrons. The largest absolute Gasteiger partial charge is 0.378 e. The molecule has 0 aromatic heterocycles. The van der Waals surface area contributed by atoms with E-state index in [1.165, 1.54) is 25.7 Å². The third-order valence-electron chi connectivity index (χ3n) is 5.57. The molecule has 0 radical (unpaired) electrons. The highest BCUT2D eigenvalue weighted by molar-refractivity contribution is 14.0. The van der Waals surface area contributed by atoms with E-state index in [9.17, 15) is 8.42 Å². The van der Waals surface area contributed by atoms with Gasteiger partial charge in [0.2, 0.25) is 0 Å². The highest BCUT2D eigenvalue weighted by Gasteiger charge is 2.41. The predicted molar refractivity (Wildman–Crippen MR) is 118 cm³/mol. The summed E-state index contributed by atoms with van der Waals surface area (Å²) < 4.78 is 29.6. The Morgan fingerprint density at radius 3 is 2.54 bits per heavy atom. The van der Waals surface area contributed by atoms with Crippen LogP contribution in [0.3, 0.4) is 0 Å². The lowest BCUT2D eigenvalue weighted by Gasteiger charge is -2.39. The minimum absolute atomic E-state index is 0. The quantitative estimate of drug-likeness (QED) is 0.344. The van der Waals surface area contributed by atoms with Crippen molar-refractivity contribution in [1.29, 1.82) is 0 Å². The molecule has 1 unspecified atom stereocenters. The van der Waals surface area contributed by atoms with Crippen LogP contribution >= 0.6 is 24.0 Å². The Labute approximate surface area is 176 Å². The maximum atomic E-state index is 12.2. The molecule has 0 spiro atoms. The standard InChI is InChI=1S/C18H35N3O3S.HI/c1-5-24-16(15-8-6-7-9-15)10-11-20-17(19-4)21-12-13-25(22,23)18(2,3)14-21;/h15-16H,5-14H2,1-4H3,(H,19,20);1H. The number of rotatable bonds is 6. The van der Waals surface area contributed by atoms with Gasteiger partial charge in [-0.1, -0.05) is 12.8 Å². The summed E-state index contributed by atoms with van der Waals surface area (Å²) in [6.45, 7) is 8.20. The van der Waals surface area contributed by atoms with Crippen molar-refractivity contribution in [3.63, 3.8) is 0 Å². The van der Waals surface area contributed by atoms with E-state index in [2.05, 4.69) is 22.1 Å². The molecule has 26 heavy (non-hydrogen) atoms. The van der Waals surface area contributed by atoms with Crippen molar-refractivity contribution in [3.05, 3.63) is 0 Å². The number of hydrogen-bond acceptors (Lipinski definition) is 4. The van der Waals surface area contributed by atoms with Crippen LogP contribution in [-0.4, -0.2) is 69.2 Å². The molecule has 0 bridgehead atoms. The van der Waals surface area contributed by atoms with E-state index in [1.807, 2.05) is 0 Å². The van der Waals surface area contributed by atoms with Gasteiger partial charge in [-0.15, -0.1) is 24.0 Å². The normalized spacial score (nSPS) is 24.2. The van der Waals surface area contributed by atoms with Gasteiger partial charge in [-0.2, -0.15) is 0 Å². The van der Waals surface area contributed by atoms with Crippen LogP contribution in [0, 0.1) is 5.92 Å². The molecule has 6 nitrogen and oxygen atoms in total. The first-order valence-corrected chi connectivity index (χ1v) is 11.3. The van der Waals surface area contributed by atoms with Gasteiger partial charge in [0.25, 0.3) is 0 Å². The fourth-order valence-corrected chi connectivity index (χ4v) is 5.35. The lowest BCUT2D eigenvalue weighted by molar-refractivity contribution is 0.0168. The number of nitrogens with zero attached hydrogens (tertiary/aromatic N) is 2. The molecule has 1 saturated heterocycles. The highest BCUT2D eigenvalue weighted by atomic mass is 127. The third-order valence-corrected chi connectivity index (χ3v) is 8.11. The maximum Gasteiger partial charge on any atom is 0.193 e. The molecule has 2 fully saturated rings. The zero-order chi connectivity index (χ0) is 18.5. The molecular weight excluding hydrogens is 465 g/mol. The van der Waals surface area contributed by atoms with E-state index in [-0.39, 0.29) is 29.7 Å². The summed E-state index contributed by atoms with van der Waals surface area (Å²) in [5, 5.41) is 3.42. The molecule has 1 aliphatic carbocycles. The molecule has 8 heteroatoms. The maximum absolute atomic E-state index is 12.2. The second-order valence-electron chi connectivity index (χ2n) is 7.80. The second kappa shape index (κ2) is 10.5. The van der Waals surface area contributed by atoms with Crippen LogP contribution in [0.1, 0.15) is 52.9 Å². The summed E-state index contributed by atoms with van der Waals surface area (Å²) in [6.07, 6.45) is 6.47. The molecule has 1 heterocycles. The third kappa shape index (κ3) is 5.95. The summed E-state index contributed by atoms with van der Waals surface area (Å²) in [5.74, 6) is 1.66. The fraction of sp³-hybridized carbons (Fsp3) is 0.944.